The number of nitrogens with zero attached hydrogens (tertiary/aromatic N) is 1. The summed E-state index contributed by atoms with van der Waals surface area (Å²) in [7, 11) is 1.64. The maximum atomic E-state index is 12.7. The van der Waals surface area contributed by atoms with Gasteiger partial charge in [0.05, 0.1) is 0 Å². The molecule has 2 nitrogen and oxygen atoms in total. The van der Waals surface area contributed by atoms with Crippen molar-refractivity contribution in [2.24, 2.45) is 0 Å². The largest absolute Gasteiger partial charge is 0.371 e. The zero-order valence-corrected chi connectivity index (χ0v) is 5.98. The van der Waals surface area contributed by atoms with Crippen molar-refractivity contribution in [2.45, 2.75) is 6.92 Å². The van der Waals surface area contributed by atoms with Crippen molar-refractivity contribution in [1.29, 1.82) is 0 Å². The first-order chi connectivity index (χ1) is 4.74. The van der Waals surface area contributed by atoms with Gasteiger partial charge in [-0.25, -0.2) is 9.37 Å². The van der Waals surface area contributed by atoms with E-state index in [0.29, 0.717) is 5.82 Å². The van der Waals surface area contributed by atoms with Crippen molar-refractivity contribution >= 4 is 5.82 Å². The summed E-state index contributed by atoms with van der Waals surface area (Å²) in [6.07, 6.45) is 1.62. The van der Waals surface area contributed by atoms with Crippen LogP contribution in [0, 0.1) is 12.7 Å². The predicted octanol–water partition coefficient (Wildman–Crippen LogP) is 1.57. The van der Waals surface area contributed by atoms with E-state index in [-0.39, 0.29) is 5.82 Å². The molecular weight excluding hydrogens is 131 g/mol. The number of aromatic nitrogens is 1. The molecule has 0 saturated heterocycles. The summed E-state index contributed by atoms with van der Waals surface area (Å²) < 4.78 is 12.7. The van der Waals surface area contributed by atoms with E-state index < -0.39 is 0 Å². The fourth-order valence-electron chi connectivity index (χ4n) is 0.718. The maximum absolute atomic E-state index is 12.7. The average molecular weight is 140 g/mol. The Hall–Kier alpha value is -1.12. The topological polar surface area (TPSA) is 24.9 Å². The molecule has 0 fully saturated rings. The Balaban J connectivity index is 3.07. The van der Waals surface area contributed by atoms with Crippen LogP contribution < -0.4 is 5.32 Å². The molecule has 0 aromatic carbocycles. The van der Waals surface area contributed by atoms with E-state index >= 15 is 0 Å². The quantitative estimate of drug-likeness (QED) is 0.640. The van der Waals surface area contributed by atoms with Crippen LogP contribution in [0.25, 0.3) is 0 Å². The Morgan fingerprint density at radius 3 is 2.80 bits per heavy atom. The second-order valence-electron chi connectivity index (χ2n) is 2.09. The van der Waals surface area contributed by atoms with Crippen LogP contribution in [-0.4, -0.2) is 12.0 Å². The highest BCUT2D eigenvalue weighted by Crippen LogP contribution is 2.09. The van der Waals surface area contributed by atoms with Crippen LogP contribution in [0.1, 0.15) is 5.56 Å². The minimum Gasteiger partial charge on any atom is -0.371 e. The Kier molecular flexibility index (Phi) is 1.85. The van der Waals surface area contributed by atoms with E-state index in [4.69, 9.17) is 0 Å². The molecule has 0 unspecified atom stereocenters. The maximum Gasteiger partial charge on any atom is 0.165 e. The Morgan fingerprint density at radius 2 is 2.30 bits per heavy atom. The minimum atomic E-state index is -0.303. The van der Waals surface area contributed by atoms with Gasteiger partial charge in [-0.05, 0) is 18.6 Å². The number of pyridine rings is 1. The van der Waals surface area contributed by atoms with Gasteiger partial charge in [-0.1, -0.05) is 0 Å². The summed E-state index contributed by atoms with van der Waals surface area (Å²) in [4.78, 5) is 3.81. The number of anilines is 1. The number of halogens is 1. The smallest absolute Gasteiger partial charge is 0.165 e. The molecule has 0 aliphatic rings. The molecule has 54 valence electrons. The summed E-state index contributed by atoms with van der Waals surface area (Å²) >= 11 is 0. The zero-order chi connectivity index (χ0) is 7.56. The standard InChI is InChI=1S/C7H9FN2/c1-5-3-6(8)7(9-2)10-4-5/h3-4H,1-2H3,(H,9,10). The monoisotopic (exact) mass is 140 g/mol. The van der Waals surface area contributed by atoms with Gasteiger partial charge < -0.3 is 5.32 Å². The highest BCUT2D eigenvalue weighted by molar-refractivity contribution is 5.36. The van der Waals surface area contributed by atoms with Gasteiger partial charge in [0.2, 0.25) is 0 Å². The van der Waals surface area contributed by atoms with Crippen molar-refractivity contribution in [3.05, 3.63) is 23.6 Å². The highest BCUT2D eigenvalue weighted by atomic mass is 19.1. The first-order valence-electron chi connectivity index (χ1n) is 3.04. The van der Waals surface area contributed by atoms with Gasteiger partial charge in [0.15, 0.2) is 11.6 Å². The fraction of sp³-hybridized carbons (Fsp3) is 0.286. The molecule has 1 aromatic rings. The molecule has 1 heterocycles. The SMILES string of the molecule is CNc1ncc(C)cc1F. The Labute approximate surface area is 59.1 Å². The molecule has 0 amide bonds. The first-order valence-corrected chi connectivity index (χ1v) is 3.04. The summed E-state index contributed by atoms with van der Waals surface area (Å²) in [5, 5.41) is 2.64. The Morgan fingerprint density at radius 1 is 1.60 bits per heavy atom. The summed E-state index contributed by atoms with van der Waals surface area (Å²) in [5.74, 6) is -0.00639. The molecule has 1 N–H and O–H groups in total. The molecule has 0 atom stereocenters. The molecule has 10 heavy (non-hydrogen) atoms. The molecule has 0 aliphatic carbocycles. The zero-order valence-electron chi connectivity index (χ0n) is 5.98. The van der Waals surface area contributed by atoms with Crippen molar-refractivity contribution in [3.8, 4) is 0 Å². The van der Waals surface area contributed by atoms with Gasteiger partial charge in [0.1, 0.15) is 0 Å². The molecular formula is C7H9FN2. The van der Waals surface area contributed by atoms with E-state index in [1.165, 1.54) is 6.07 Å². The molecule has 0 aliphatic heterocycles. The first kappa shape index (κ1) is 6.99. The lowest BCUT2D eigenvalue weighted by molar-refractivity contribution is 0.624. The summed E-state index contributed by atoms with van der Waals surface area (Å²) in [5.41, 5.74) is 0.830. The third-order valence-corrected chi connectivity index (χ3v) is 1.21. The molecule has 3 heteroatoms. The molecule has 1 rings (SSSR count). The van der Waals surface area contributed by atoms with E-state index in [1.54, 1.807) is 20.2 Å². The lowest BCUT2D eigenvalue weighted by atomic mass is 10.3. The third kappa shape index (κ3) is 1.23. The van der Waals surface area contributed by atoms with Gasteiger partial charge in [0, 0.05) is 13.2 Å². The molecule has 0 spiro atoms. The van der Waals surface area contributed by atoms with E-state index in [2.05, 4.69) is 10.3 Å². The lowest BCUT2D eigenvalue weighted by Crippen LogP contribution is -1.95. The van der Waals surface area contributed by atoms with E-state index in [0.717, 1.165) is 5.56 Å². The number of aryl methyl sites for hydroxylation is 1. The summed E-state index contributed by atoms with van der Waals surface area (Å²) in [6.45, 7) is 1.80. The van der Waals surface area contributed by atoms with Crippen LogP contribution >= 0.6 is 0 Å². The van der Waals surface area contributed by atoms with Gasteiger partial charge in [-0.3, -0.25) is 0 Å². The third-order valence-electron chi connectivity index (χ3n) is 1.21. The lowest BCUT2D eigenvalue weighted by Gasteiger charge is -1.99. The highest BCUT2D eigenvalue weighted by Gasteiger charge is 1.98. The van der Waals surface area contributed by atoms with Gasteiger partial charge >= 0.3 is 0 Å². The van der Waals surface area contributed by atoms with Crippen LogP contribution in [0.2, 0.25) is 0 Å². The van der Waals surface area contributed by atoms with Crippen LogP contribution in [-0.2, 0) is 0 Å². The minimum absolute atomic E-state index is 0.297. The van der Waals surface area contributed by atoms with Crippen LogP contribution in [0.5, 0.6) is 0 Å². The van der Waals surface area contributed by atoms with Crippen molar-refractivity contribution in [3.63, 3.8) is 0 Å². The number of hydrogen-bond acceptors (Lipinski definition) is 2. The van der Waals surface area contributed by atoms with E-state index in [1.807, 2.05) is 0 Å². The van der Waals surface area contributed by atoms with Gasteiger partial charge in [-0.15, -0.1) is 0 Å². The fourth-order valence-corrected chi connectivity index (χ4v) is 0.718. The molecule has 0 radical (unpaired) electrons. The number of nitrogens with one attached hydrogen (secondary N) is 1. The number of rotatable bonds is 1. The van der Waals surface area contributed by atoms with Crippen molar-refractivity contribution in [1.82, 2.24) is 4.98 Å². The predicted molar refractivity (Wildman–Crippen MR) is 38.5 cm³/mol. The van der Waals surface area contributed by atoms with Crippen LogP contribution in [0.3, 0.4) is 0 Å². The molecule has 1 aromatic heterocycles. The number of hydrogen-bond donors (Lipinski definition) is 1. The normalized spacial score (nSPS) is 9.50. The van der Waals surface area contributed by atoms with E-state index in [9.17, 15) is 4.39 Å². The van der Waals surface area contributed by atoms with Crippen LogP contribution in [0.4, 0.5) is 10.2 Å². The second-order valence-corrected chi connectivity index (χ2v) is 2.09. The van der Waals surface area contributed by atoms with Crippen molar-refractivity contribution in [2.75, 3.05) is 12.4 Å². The van der Waals surface area contributed by atoms with Gasteiger partial charge in [-0.2, -0.15) is 0 Å². The van der Waals surface area contributed by atoms with Crippen molar-refractivity contribution < 1.29 is 4.39 Å². The Bertz CT molecular complexity index is 235. The van der Waals surface area contributed by atoms with Gasteiger partial charge in [0.25, 0.3) is 0 Å². The summed E-state index contributed by atoms with van der Waals surface area (Å²) in [6, 6.07) is 1.44. The second kappa shape index (κ2) is 2.64. The molecule has 0 bridgehead atoms. The average Bonchev–Trinajstić information content (AvgIpc) is 1.88. The van der Waals surface area contributed by atoms with Crippen LogP contribution in [0.15, 0.2) is 12.3 Å². The molecule has 0 saturated carbocycles.